The lowest BCUT2D eigenvalue weighted by Crippen LogP contribution is -2.08. The van der Waals surface area contributed by atoms with Gasteiger partial charge in [-0.3, -0.25) is 0 Å². The molecule has 1 aromatic heterocycles. The van der Waals surface area contributed by atoms with Gasteiger partial charge in [-0.1, -0.05) is 28.9 Å². The largest absolute Gasteiger partial charge is 0.505 e. The summed E-state index contributed by atoms with van der Waals surface area (Å²) < 4.78 is 2.78. The van der Waals surface area contributed by atoms with Gasteiger partial charge in [0.1, 0.15) is 5.75 Å². The molecule has 2 N–H and O–H groups in total. The fourth-order valence-electron chi connectivity index (χ4n) is 3.30. The smallest absolute Gasteiger partial charge is 0.203 e. The molecule has 0 unspecified atom stereocenters. The van der Waals surface area contributed by atoms with Gasteiger partial charge in [0.25, 0.3) is 0 Å². The highest BCUT2D eigenvalue weighted by atomic mass is 79.9. The molecule has 0 saturated heterocycles. The highest BCUT2D eigenvalue weighted by Gasteiger charge is 2.27. The number of aryl methyl sites for hydroxylation is 2. The number of nitrogens with zero attached hydrogens (tertiary/aromatic N) is 1. The van der Waals surface area contributed by atoms with Crippen LogP contribution in [0.25, 0.3) is 11.1 Å². The van der Waals surface area contributed by atoms with Crippen LogP contribution in [0, 0.1) is 6.92 Å². The summed E-state index contributed by atoms with van der Waals surface area (Å²) in [6.07, 6.45) is 3.79. The Morgan fingerprint density at radius 3 is 2.62 bits per heavy atom. The van der Waals surface area contributed by atoms with Gasteiger partial charge >= 0.3 is 0 Å². The van der Waals surface area contributed by atoms with Crippen molar-refractivity contribution in [3.8, 4) is 22.8 Å². The molecule has 0 aliphatic carbocycles. The van der Waals surface area contributed by atoms with E-state index in [4.69, 9.17) is 0 Å². The lowest BCUT2D eigenvalue weighted by Gasteiger charge is -2.15. The zero-order valence-electron chi connectivity index (χ0n) is 12.4. The number of aromatic hydroxyl groups is 2. The van der Waals surface area contributed by atoms with E-state index in [2.05, 4.69) is 35.8 Å². The third kappa shape index (κ3) is 2.26. The van der Waals surface area contributed by atoms with E-state index in [1.54, 1.807) is 0 Å². The summed E-state index contributed by atoms with van der Waals surface area (Å²) in [5, 5.41) is 21.2. The van der Waals surface area contributed by atoms with Gasteiger partial charge in [0.15, 0.2) is 0 Å². The summed E-state index contributed by atoms with van der Waals surface area (Å²) in [6, 6.07) is 4.15. The Balaban J connectivity index is 2.29. The molecule has 0 saturated carbocycles. The van der Waals surface area contributed by atoms with Crippen LogP contribution in [0.1, 0.15) is 36.6 Å². The molecule has 112 valence electrons. The molecule has 1 aromatic carbocycles. The molecule has 4 heteroatoms. The van der Waals surface area contributed by atoms with Crippen molar-refractivity contribution in [1.29, 1.82) is 0 Å². The molecule has 0 spiro atoms. The number of hydrogen-bond acceptors (Lipinski definition) is 2. The van der Waals surface area contributed by atoms with Crippen LogP contribution in [-0.2, 0) is 19.4 Å². The fraction of sp³-hybridized carbons (Fsp3) is 0.412. The van der Waals surface area contributed by atoms with E-state index in [9.17, 15) is 10.2 Å². The molecule has 0 atom stereocenters. The van der Waals surface area contributed by atoms with Crippen LogP contribution >= 0.6 is 15.9 Å². The zero-order valence-corrected chi connectivity index (χ0v) is 14.0. The van der Waals surface area contributed by atoms with Crippen LogP contribution in [0.4, 0.5) is 0 Å². The van der Waals surface area contributed by atoms with E-state index >= 15 is 0 Å². The van der Waals surface area contributed by atoms with E-state index in [0.29, 0.717) is 5.56 Å². The lowest BCUT2D eigenvalue weighted by molar-refractivity contribution is 0.391. The summed E-state index contributed by atoms with van der Waals surface area (Å²) in [5.41, 5.74) is 4.67. The van der Waals surface area contributed by atoms with Gasteiger partial charge in [0.2, 0.25) is 5.88 Å². The second-order valence-corrected chi connectivity index (χ2v) is 6.59. The van der Waals surface area contributed by atoms with Crippen molar-refractivity contribution in [2.45, 2.75) is 46.1 Å². The molecule has 0 amide bonds. The van der Waals surface area contributed by atoms with Crippen LogP contribution in [0.5, 0.6) is 11.6 Å². The van der Waals surface area contributed by atoms with E-state index in [0.717, 1.165) is 53.5 Å². The zero-order chi connectivity index (χ0) is 15.1. The first-order valence-electron chi connectivity index (χ1n) is 7.47. The quantitative estimate of drug-likeness (QED) is 0.836. The Kier molecular flexibility index (Phi) is 3.74. The number of halogens is 1. The van der Waals surface area contributed by atoms with Crippen molar-refractivity contribution < 1.29 is 10.2 Å². The molecule has 0 radical (unpaired) electrons. The van der Waals surface area contributed by atoms with Crippen LogP contribution in [0.3, 0.4) is 0 Å². The first kappa shape index (κ1) is 14.5. The Hall–Kier alpha value is -1.42. The van der Waals surface area contributed by atoms with Gasteiger partial charge in [0, 0.05) is 16.6 Å². The number of benzene rings is 1. The second kappa shape index (κ2) is 5.41. The maximum Gasteiger partial charge on any atom is 0.203 e. The first-order valence-corrected chi connectivity index (χ1v) is 8.26. The lowest BCUT2D eigenvalue weighted by atomic mass is 9.96. The minimum absolute atomic E-state index is 0.196. The van der Waals surface area contributed by atoms with Gasteiger partial charge in [0.05, 0.1) is 11.3 Å². The highest BCUT2D eigenvalue weighted by Crippen LogP contribution is 2.48. The first-order chi connectivity index (χ1) is 10.0. The van der Waals surface area contributed by atoms with Gasteiger partial charge in [-0.15, -0.1) is 0 Å². The van der Waals surface area contributed by atoms with Crippen LogP contribution in [0.2, 0.25) is 0 Å². The summed E-state index contributed by atoms with van der Waals surface area (Å²) in [7, 11) is 0. The standard InChI is InChI=1S/C17H20BrNO2/c1-3-11-8-10(2)9-12(18)14(11)15-16(20)13-6-4-5-7-19(13)17(15)21/h8-9,20-21H,3-7H2,1-2H3. The van der Waals surface area contributed by atoms with Gasteiger partial charge in [-0.25, -0.2) is 0 Å². The molecule has 0 fully saturated rings. The number of hydrogen-bond donors (Lipinski definition) is 2. The van der Waals surface area contributed by atoms with Crippen molar-refractivity contribution in [2.24, 2.45) is 0 Å². The van der Waals surface area contributed by atoms with E-state index in [1.165, 1.54) is 5.56 Å². The third-order valence-electron chi connectivity index (χ3n) is 4.31. The molecule has 2 aromatic rings. The Morgan fingerprint density at radius 1 is 1.19 bits per heavy atom. The fourth-order valence-corrected chi connectivity index (χ4v) is 4.11. The number of fused-ring (bicyclic) bond motifs is 1. The third-order valence-corrected chi connectivity index (χ3v) is 4.93. The van der Waals surface area contributed by atoms with Gasteiger partial charge < -0.3 is 14.8 Å². The summed E-state index contributed by atoms with van der Waals surface area (Å²) in [4.78, 5) is 0. The van der Waals surface area contributed by atoms with Crippen molar-refractivity contribution >= 4 is 15.9 Å². The molecule has 1 aliphatic heterocycles. The van der Waals surface area contributed by atoms with Crippen LogP contribution in [0.15, 0.2) is 16.6 Å². The normalized spacial score (nSPS) is 14.2. The Bertz CT molecular complexity index is 674. The monoisotopic (exact) mass is 349 g/mol. The van der Waals surface area contributed by atoms with E-state index in [1.807, 2.05) is 10.6 Å². The van der Waals surface area contributed by atoms with Gasteiger partial charge in [-0.05, 0) is 49.8 Å². The maximum atomic E-state index is 10.6. The van der Waals surface area contributed by atoms with Crippen LogP contribution in [-0.4, -0.2) is 14.8 Å². The predicted molar refractivity (Wildman–Crippen MR) is 88.0 cm³/mol. The molecule has 0 bridgehead atoms. The van der Waals surface area contributed by atoms with Crippen molar-refractivity contribution in [2.75, 3.05) is 0 Å². The van der Waals surface area contributed by atoms with Crippen molar-refractivity contribution in [3.05, 3.63) is 33.4 Å². The Morgan fingerprint density at radius 2 is 1.95 bits per heavy atom. The number of rotatable bonds is 2. The summed E-state index contributed by atoms with van der Waals surface area (Å²) in [6.45, 7) is 4.92. The van der Waals surface area contributed by atoms with Crippen LogP contribution < -0.4 is 0 Å². The highest BCUT2D eigenvalue weighted by molar-refractivity contribution is 9.10. The number of aromatic nitrogens is 1. The molecule has 2 heterocycles. The molecule has 21 heavy (non-hydrogen) atoms. The van der Waals surface area contributed by atoms with E-state index in [-0.39, 0.29) is 11.6 Å². The average Bonchev–Trinajstić information content (AvgIpc) is 2.71. The second-order valence-electron chi connectivity index (χ2n) is 5.74. The SMILES string of the molecule is CCc1cc(C)cc(Br)c1-c1c(O)c2n(c1O)CCCC2. The van der Waals surface area contributed by atoms with Crippen molar-refractivity contribution in [3.63, 3.8) is 0 Å². The summed E-state index contributed by atoms with van der Waals surface area (Å²) in [5.74, 6) is 0.438. The molecule has 3 nitrogen and oxygen atoms in total. The topological polar surface area (TPSA) is 45.4 Å². The predicted octanol–water partition coefficient (Wildman–Crippen LogP) is 4.54. The molecular formula is C17H20BrNO2. The van der Waals surface area contributed by atoms with E-state index < -0.39 is 0 Å². The molecular weight excluding hydrogens is 330 g/mol. The molecule has 3 rings (SSSR count). The minimum atomic E-state index is 0.196. The van der Waals surface area contributed by atoms with Crippen molar-refractivity contribution in [1.82, 2.24) is 4.57 Å². The van der Waals surface area contributed by atoms with Gasteiger partial charge in [-0.2, -0.15) is 0 Å². The molecule has 1 aliphatic rings. The maximum absolute atomic E-state index is 10.6. The minimum Gasteiger partial charge on any atom is -0.505 e. The Labute approximate surface area is 133 Å². The summed E-state index contributed by atoms with van der Waals surface area (Å²) >= 11 is 3.61. The average molecular weight is 350 g/mol.